The molecule has 0 N–H and O–H groups in total. The highest BCUT2D eigenvalue weighted by Crippen LogP contribution is 2.37. The lowest BCUT2D eigenvalue weighted by atomic mass is 9.84. The van der Waals surface area contributed by atoms with Crippen LogP contribution in [-0.4, -0.2) is 18.3 Å². The molecule has 0 amide bonds. The van der Waals surface area contributed by atoms with E-state index in [-0.39, 0.29) is 18.3 Å². The largest absolute Gasteiger partial charge is 0.461 e. The fourth-order valence-electron chi connectivity index (χ4n) is 1.71. The first-order valence-electron chi connectivity index (χ1n) is 6.54. The Morgan fingerprint density at radius 2 is 1.41 bits per heavy atom. The molecule has 0 aromatic carbocycles. The van der Waals surface area contributed by atoms with Gasteiger partial charge in [-0.15, -0.1) is 0 Å². The molecule has 0 saturated carbocycles. The highest BCUT2D eigenvalue weighted by molar-refractivity contribution is 6.46. The Morgan fingerprint density at radius 1 is 0.941 bits per heavy atom. The summed E-state index contributed by atoms with van der Waals surface area (Å²) >= 11 is 0. The van der Waals surface area contributed by atoms with Crippen molar-refractivity contribution in [2.24, 2.45) is 5.41 Å². The van der Waals surface area contributed by atoms with Gasteiger partial charge in [0.25, 0.3) is 0 Å². The van der Waals surface area contributed by atoms with Gasteiger partial charge in [-0.3, -0.25) is 0 Å². The molecule has 0 aliphatic carbocycles. The van der Waals surface area contributed by atoms with Crippen LogP contribution in [0, 0.1) is 5.41 Å². The van der Waals surface area contributed by atoms with E-state index >= 15 is 0 Å². The van der Waals surface area contributed by atoms with Crippen LogP contribution in [0.3, 0.4) is 0 Å². The zero-order chi connectivity index (χ0) is 13.3. The van der Waals surface area contributed by atoms with Crippen LogP contribution in [-0.2, 0) is 9.31 Å². The molecular formula is C14H27BO2. The van der Waals surface area contributed by atoms with Crippen molar-refractivity contribution in [1.29, 1.82) is 0 Å². The van der Waals surface area contributed by atoms with Crippen LogP contribution >= 0.6 is 0 Å². The first kappa shape index (κ1) is 14.8. The van der Waals surface area contributed by atoms with E-state index in [9.17, 15) is 0 Å². The first-order valence-corrected chi connectivity index (χ1v) is 6.54. The fraction of sp³-hybridized carbons (Fsp3) is 0.857. The number of hydrogen-bond acceptors (Lipinski definition) is 2. The van der Waals surface area contributed by atoms with Crippen molar-refractivity contribution in [3.05, 3.63) is 12.2 Å². The van der Waals surface area contributed by atoms with Gasteiger partial charge in [-0.1, -0.05) is 32.9 Å². The zero-order valence-corrected chi connectivity index (χ0v) is 12.5. The van der Waals surface area contributed by atoms with Crippen LogP contribution in [0.1, 0.15) is 54.9 Å². The maximum atomic E-state index is 5.92. The summed E-state index contributed by atoms with van der Waals surface area (Å²) in [5.74, 6) is 0. The lowest BCUT2D eigenvalue weighted by Gasteiger charge is -2.32. The SMILES string of the molecule is CC(C)(C)C/C=C/CB1OC(C)(C)C(C)(C)O1. The van der Waals surface area contributed by atoms with Gasteiger partial charge in [-0.05, 0) is 39.5 Å². The summed E-state index contributed by atoms with van der Waals surface area (Å²) in [5.41, 5.74) is -0.0719. The Balaban J connectivity index is 2.41. The van der Waals surface area contributed by atoms with Crippen molar-refractivity contribution in [2.45, 2.75) is 72.4 Å². The monoisotopic (exact) mass is 238 g/mol. The molecule has 0 bridgehead atoms. The number of allylic oxidation sites excluding steroid dienone is 2. The molecular weight excluding hydrogens is 211 g/mol. The van der Waals surface area contributed by atoms with Gasteiger partial charge >= 0.3 is 7.12 Å². The summed E-state index contributed by atoms with van der Waals surface area (Å²) in [6.45, 7) is 15.1. The second-order valence-corrected chi connectivity index (χ2v) is 7.16. The average molecular weight is 238 g/mol. The quantitative estimate of drug-likeness (QED) is 0.545. The third-order valence-electron chi connectivity index (χ3n) is 3.53. The second-order valence-electron chi connectivity index (χ2n) is 7.16. The van der Waals surface area contributed by atoms with Crippen LogP contribution < -0.4 is 0 Å². The van der Waals surface area contributed by atoms with Crippen LogP contribution in [0.2, 0.25) is 6.32 Å². The minimum atomic E-state index is -0.213. The molecule has 1 rings (SSSR count). The summed E-state index contributed by atoms with van der Waals surface area (Å²) < 4.78 is 11.8. The third kappa shape index (κ3) is 4.15. The molecule has 17 heavy (non-hydrogen) atoms. The van der Waals surface area contributed by atoms with E-state index in [0.717, 1.165) is 12.7 Å². The fourth-order valence-corrected chi connectivity index (χ4v) is 1.71. The Labute approximate surface area is 107 Å². The van der Waals surface area contributed by atoms with Crippen molar-refractivity contribution in [3.8, 4) is 0 Å². The second kappa shape index (κ2) is 4.77. The van der Waals surface area contributed by atoms with Gasteiger partial charge in [0.1, 0.15) is 0 Å². The van der Waals surface area contributed by atoms with E-state index < -0.39 is 0 Å². The predicted molar refractivity (Wildman–Crippen MR) is 74.1 cm³/mol. The van der Waals surface area contributed by atoms with Gasteiger partial charge < -0.3 is 9.31 Å². The molecule has 1 aliphatic heterocycles. The minimum Gasteiger partial charge on any atom is -0.403 e. The molecule has 98 valence electrons. The molecule has 1 saturated heterocycles. The Morgan fingerprint density at radius 3 is 1.82 bits per heavy atom. The highest BCUT2D eigenvalue weighted by atomic mass is 16.7. The number of rotatable bonds is 3. The Hall–Kier alpha value is -0.275. The summed E-state index contributed by atoms with van der Waals surface area (Å²) in [6, 6.07) is 0. The lowest BCUT2D eigenvalue weighted by molar-refractivity contribution is 0.00578. The standard InChI is InChI=1S/C14H27BO2/c1-12(2,3)10-8-9-11-15-16-13(4,5)14(6,7)17-15/h8-9H,10-11H2,1-7H3/b9-8+. The Kier molecular flexibility index (Phi) is 4.15. The molecule has 1 heterocycles. The summed E-state index contributed by atoms with van der Waals surface area (Å²) in [6.07, 6.45) is 6.33. The van der Waals surface area contributed by atoms with E-state index in [4.69, 9.17) is 9.31 Å². The van der Waals surface area contributed by atoms with Gasteiger partial charge in [-0.2, -0.15) is 0 Å². The van der Waals surface area contributed by atoms with E-state index in [1.54, 1.807) is 0 Å². The van der Waals surface area contributed by atoms with Gasteiger partial charge in [0, 0.05) is 6.32 Å². The highest BCUT2D eigenvalue weighted by Gasteiger charge is 2.50. The molecule has 0 unspecified atom stereocenters. The summed E-state index contributed by atoms with van der Waals surface area (Å²) in [5, 5.41) is 0. The smallest absolute Gasteiger partial charge is 0.403 e. The van der Waals surface area contributed by atoms with Crippen molar-refractivity contribution in [3.63, 3.8) is 0 Å². The van der Waals surface area contributed by atoms with E-state index in [1.165, 1.54) is 0 Å². The normalized spacial score (nSPS) is 23.6. The van der Waals surface area contributed by atoms with Crippen molar-refractivity contribution < 1.29 is 9.31 Å². The van der Waals surface area contributed by atoms with Gasteiger partial charge in [0.05, 0.1) is 11.2 Å². The first-order chi connectivity index (χ1) is 7.54. The van der Waals surface area contributed by atoms with Crippen LogP contribution in [0.25, 0.3) is 0 Å². The number of hydrogen-bond donors (Lipinski definition) is 0. The lowest BCUT2D eigenvalue weighted by Crippen LogP contribution is -2.41. The van der Waals surface area contributed by atoms with Crippen LogP contribution in [0.5, 0.6) is 0 Å². The van der Waals surface area contributed by atoms with Crippen LogP contribution in [0.15, 0.2) is 12.2 Å². The van der Waals surface area contributed by atoms with Crippen LogP contribution in [0.4, 0.5) is 0 Å². The zero-order valence-electron chi connectivity index (χ0n) is 12.5. The van der Waals surface area contributed by atoms with Gasteiger partial charge in [0.15, 0.2) is 0 Å². The van der Waals surface area contributed by atoms with E-state index in [0.29, 0.717) is 5.41 Å². The molecule has 1 aliphatic rings. The van der Waals surface area contributed by atoms with Crippen molar-refractivity contribution in [2.75, 3.05) is 0 Å². The molecule has 0 radical (unpaired) electrons. The maximum Gasteiger partial charge on any atom is 0.461 e. The predicted octanol–water partition coefficient (Wildman–Crippen LogP) is 4.07. The molecule has 0 atom stereocenters. The van der Waals surface area contributed by atoms with Gasteiger partial charge in [0.2, 0.25) is 0 Å². The van der Waals surface area contributed by atoms with E-state index in [2.05, 4.69) is 60.6 Å². The van der Waals surface area contributed by atoms with Crippen molar-refractivity contribution >= 4 is 7.12 Å². The molecule has 3 heteroatoms. The molecule has 0 aromatic rings. The molecule has 2 nitrogen and oxygen atoms in total. The van der Waals surface area contributed by atoms with Gasteiger partial charge in [-0.25, -0.2) is 0 Å². The Bertz CT molecular complexity index is 271. The summed E-state index contributed by atoms with van der Waals surface area (Å²) in [7, 11) is -0.101. The average Bonchev–Trinajstić information content (AvgIpc) is 2.28. The van der Waals surface area contributed by atoms with E-state index in [1.807, 2.05) is 0 Å². The molecule has 0 aromatic heterocycles. The third-order valence-corrected chi connectivity index (χ3v) is 3.53. The molecule has 1 fully saturated rings. The molecule has 0 spiro atoms. The maximum absolute atomic E-state index is 5.92. The summed E-state index contributed by atoms with van der Waals surface area (Å²) in [4.78, 5) is 0. The minimum absolute atomic E-state index is 0.101. The topological polar surface area (TPSA) is 18.5 Å². The van der Waals surface area contributed by atoms with Crippen molar-refractivity contribution in [1.82, 2.24) is 0 Å².